The van der Waals surface area contributed by atoms with E-state index in [9.17, 15) is 14.0 Å². The maximum absolute atomic E-state index is 13.4. The summed E-state index contributed by atoms with van der Waals surface area (Å²) in [4.78, 5) is 24.6. The van der Waals surface area contributed by atoms with Gasteiger partial charge in [-0.3, -0.25) is 9.59 Å². The number of hydrogen-bond donors (Lipinski definition) is 1. The van der Waals surface area contributed by atoms with Gasteiger partial charge in [0.2, 0.25) is 0 Å². The van der Waals surface area contributed by atoms with E-state index in [1.807, 2.05) is 6.92 Å². The largest absolute Gasteiger partial charge is 0.481 e. The molecule has 1 N–H and O–H groups in total. The highest BCUT2D eigenvalue weighted by atomic mass is 19.1. The van der Waals surface area contributed by atoms with Crippen LogP contribution in [0, 0.1) is 17.7 Å². The zero-order valence-corrected chi connectivity index (χ0v) is 11.8. The summed E-state index contributed by atoms with van der Waals surface area (Å²) in [6.07, 6.45) is 0.432. The highest BCUT2D eigenvalue weighted by molar-refractivity contribution is 5.78. The lowest BCUT2D eigenvalue weighted by molar-refractivity contribution is -0.148. The smallest absolute Gasteiger partial charge is 0.306 e. The number of aliphatic carboxylic acids is 1. The van der Waals surface area contributed by atoms with Crippen LogP contribution in [0.3, 0.4) is 0 Å². The van der Waals surface area contributed by atoms with Gasteiger partial charge in [-0.15, -0.1) is 0 Å². The first-order valence-electron chi connectivity index (χ1n) is 6.87. The van der Waals surface area contributed by atoms with E-state index in [0.29, 0.717) is 19.5 Å². The van der Waals surface area contributed by atoms with Crippen molar-refractivity contribution in [2.75, 3.05) is 19.7 Å². The van der Waals surface area contributed by atoms with Crippen LogP contribution in [0.15, 0.2) is 24.3 Å². The molecule has 1 saturated heterocycles. The summed E-state index contributed by atoms with van der Waals surface area (Å²) in [5.41, 5.74) is 0. The first kappa shape index (κ1) is 15.3. The topological polar surface area (TPSA) is 66.8 Å². The van der Waals surface area contributed by atoms with E-state index in [0.717, 1.165) is 0 Å². The molecule has 2 unspecified atom stereocenters. The van der Waals surface area contributed by atoms with E-state index in [4.69, 9.17) is 9.84 Å². The average Bonchev–Trinajstić information content (AvgIpc) is 2.45. The Balaban J connectivity index is 1.87. The number of rotatable bonds is 4. The number of hydrogen-bond acceptors (Lipinski definition) is 3. The molecule has 0 aromatic heterocycles. The van der Waals surface area contributed by atoms with Crippen molar-refractivity contribution < 1.29 is 23.8 Å². The van der Waals surface area contributed by atoms with Gasteiger partial charge >= 0.3 is 5.97 Å². The Morgan fingerprint density at radius 3 is 2.76 bits per heavy atom. The second kappa shape index (κ2) is 6.56. The Morgan fingerprint density at radius 2 is 2.14 bits per heavy atom. The number of benzene rings is 1. The second-order valence-corrected chi connectivity index (χ2v) is 5.27. The van der Waals surface area contributed by atoms with Gasteiger partial charge in [0.15, 0.2) is 18.2 Å². The lowest BCUT2D eigenvalue weighted by atomic mass is 9.87. The standard InChI is InChI=1S/C15H18FNO4/c1-10-8-17(7-6-11(10)15(19)20)14(18)9-21-13-5-3-2-4-12(13)16/h2-5,10-11H,6-9H2,1H3,(H,19,20). The minimum absolute atomic E-state index is 0.0410. The fourth-order valence-corrected chi connectivity index (χ4v) is 2.53. The van der Waals surface area contributed by atoms with Crippen molar-refractivity contribution in [2.24, 2.45) is 11.8 Å². The molecule has 2 rings (SSSR count). The molecule has 1 aliphatic heterocycles. The van der Waals surface area contributed by atoms with Crippen LogP contribution in [0.2, 0.25) is 0 Å². The fourth-order valence-electron chi connectivity index (χ4n) is 2.53. The molecule has 0 saturated carbocycles. The molecule has 0 radical (unpaired) electrons. The Kier molecular flexibility index (Phi) is 4.77. The summed E-state index contributed by atoms with van der Waals surface area (Å²) in [5.74, 6) is -2.07. The average molecular weight is 295 g/mol. The Labute approximate surface area is 122 Å². The number of likely N-dealkylation sites (tertiary alicyclic amines) is 1. The lowest BCUT2D eigenvalue weighted by Gasteiger charge is -2.34. The van der Waals surface area contributed by atoms with Crippen LogP contribution in [0.25, 0.3) is 0 Å². The summed E-state index contributed by atoms with van der Waals surface area (Å²) in [5, 5.41) is 9.05. The van der Waals surface area contributed by atoms with Crippen LogP contribution in [-0.4, -0.2) is 41.6 Å². The maximum Gasteiger partial charge on any atom is 0.306 e. The van der Waals surface area contributed by atoms with Gasteiger partial charge in [0, 0.05) is 13.1 Å². The predicted molar refractivity (Wildman–Crippen MR) is 73.4 cm³/mol. The molecule has 1 heterocycles. The molecular formula is C15H18FNO4. The van der Waals surface area contributed by atoms with Crippen LogP contribution in [-0.2, 0) is 9.59 Å². The first-order valence-corrected chi connectivity index (χ1v) is 6.87. The monoisotopic (exact) mass is 295 g/mol. The zero-order chi connectivity index (χ0) is 15.4. The number of ether oxygens (including phenoxy) is 1. The van der Waals surface area contributed by atoms with Crippen molar-refractivity contribution in [2.45, 2.75) is 13.3 Å². The van der Waals surface area contributed by atoms with Gasteiger partial charge in [0.1, 0.15) is 0 Å². The summed E-state index contributed by atoms with van der Waals surface area (Å²) < 4.78 is 18.5. The molecule has 5 nitrogen and oxygen atoms in total. The van der Waals surface area contributed by atoms with Crippen molar-refractivity contribution in [3.63, 3.8) is 0 Å². The molecule has 1 aliphatic rings. The van der Waals surface area contributed by atoms with Crippen molar-refractivity contribution in [3.8, 4) is 5.75 Å². The van der Waals surface area contributed by atoms with Gasteiger partial charge in [0.05, 0.1) is 5.92 Å². The molecule has 0 aliphatic carbocycles. The van der Waals surface area contributed by atoms with Gasteiger partial charge < -0.3 is 14.7 Å². The van der Waals surface area contributed by atoms with Gasteiger partial charge in [-0.1, -0.05) is 19.1 Å². The van der Waals surface area contributed by atoms with Crippen molar-refractivity contribution in [1.82, 2.24) is 4.90 Å². The molecule has 6 heteroatoms. The van der Waals surface area contributed by atoms with E-state index in [2.05, 4.69) is 0 Å². The molecule has 114 valence electrons. The normalized spacial score (nSPS) is 21.9. The Hall–Kier alpha value is -2.11. The summed E-state index contributed by atoms with van der Waals surface area (Å²) in [6.45, 7) is 2.35. The molecule has 0 bridgehead atoms. The van der Waals surface area contributed by atoms with Crippen molar-refractivity contribution >= 4 is 11.9 Å². The Morgan fingerprint density at radius 1 is 1.43 bits per heavy atom. The lowest BCUT2D eigenvalue weighted by Crippen LogP contribution is -2.46. The van der Waals surface area contributed by atoms with Crippen molar-refractivity contribution in [3.05, 3.63) is 30.1 Å². The van der Waals surface area contributed by atoms with Crippen LogP contribution >= 0.6 is 0 Å². The number of halogens is 1. The van der Waals surface area contributed by atoms with Crippen molar-refractivity contribution in [1.29, 1.82) is 0 Å². The highest BCUT2D eigenvalue weighted by Gasteiger charge is 2.33. The zero-order valence-electron chi connectivity index (χ0n) is 11.8. The quantitative estimate of drug-likeness (QED) is 0.919. The van der Waals surface area contributed by atoms with E-state index in [-0.39, 0.29) is 24.2 Å². The summed E-state index contributed by atoms with van der Waals surface area (Å²) in [7, 11) is 0. The summed E-state index contributed by atoms with van der Waals surface area (Å²) >= 11 is 0. The number of carboxylic acid groups (broad SMARTS) is 1. The predicted octanol–water partition coefficient (Wildman–Crippen LogP) is 1.77. The molecule has 1 aromatic carbocycles. The van der Waals surface area contributed by atoms with E-state index < -0.39 is 17.7 Å². The third kappa shape index (κ3) is 3.71. The second-order valence-electron chi connectivity index (χ2n) is 5.27. The SMILES string of the molecule is CC1CN(C(=O)COc2ccccc2F)CCC1C(=O)O. The van der Waals surface area contributed by atoms with Crippen LogP contribution in [0.1, 0.15) is 13.3 Å². The fraction of sp³-hybridized carbons (Fsp3) is 0.467. The number of para-hydroxylation sites is 1. The van der Waals surface area contributed by atoms with Crippen LogP contribution < -0.4 is 4.74 Å². The molecular weight excluding hydrogens is 277 g/mol. The third-order valence-electron chi connectivity index (χ3n) is 3.76. The number of carbonyl (C=O) groups excluding carboxylic acids is 1. The van der Waals surface area contributed by atoms with Crippen LogP contribution in [0.4, 0.5) is 4.39 Å². The molecule has 0 spiro atoms. The van der Waals surface area contributed by atoms with E-state index in [1.54, 1.807) is 17.0 Å². The van der Waals surface area contributed by atoms with Gasteiger partial charge in [0.25, 0.3) is 5.91 Å². The number of nitrogens with zero attached hydrogens (tertiary/aromatic N) is 1. The maximum atomic E-state index is 13.4. The van der Waals surface area contributed by atoms with Gasteiger partial charge in [-0.05, 0) is 24.5 Å². The molecule has 1 aromatic rings. The molecule has 1 fully saturated rings. The molecule has 21 heavy (non-hydrogen) atoms. The minimum Gasteiger partial charge on any atom is -0.481 e. The van der Waals surface area contributed by atoms with E-state index >= 15 is 0 Å². The first-order chi connectivity index (χ1) is 9.99. The number of piperidine rings is 1. The number of carboxylic acids is 1. The highest BCUT2D eigenvalue weighted by Crippen LogP contribution is 2.23. The van der Waals surface area contributed by atoms with E-state index in [1.165, 1.54) is 12.1 Å². The number of carbonyl (C=O) groups is 2. The van der Waals surface area contributed by atoms with Gasteiger partial charge in [-0.2, -0.15) is 0 Å². The third-order valence-corrected chi connectivity index (χ3v) is 3.76. The Bertz CT molecular complexity index is 534. The molecule has 1 amide bonds. The van der Waals surface area contributed by atoms with Gasteiger partial charge in [-0.25, -0.2) is 4.39 Å². The van der Waals surface area contributed by atoms with Crippen LogP contribution in [0.5, 0.6) is 5.75 Å². The molecule has 2 atom stereocenters. The minimum atomic E-state index is -0.822. The summed E-state index contributed by atoms with van der Waals surface area (Å²) in [6, 6.07) is 5.90. The number of amides is 1.